The average Bonchev–Trinajstić information content (AvgIpc) is 1.97. The van der Waals surface area contributed by atoms with Gasteiger partial charge in [-0.3, -0.25) is 0 Å². The van der Waals surface area contributed by atoms with Crippen LogP contribution >= 0.6 is 23.2 Å². The summed E-state index contributed by atoms with van der Waals surface area (Å²) in [4.78, 5) is 0. The van der Waals surface area contributed by atoms with E-state index >= 15 is 0 Å². The molecule has 10 heavy (non-hydrogen) atoms. The zero-order chi connectivity index (χ0) is 7.82. The van der Waals surface area contributed by atoms with Gasteiger partial charge in [-0.15, -0.1) is 23.2 Å². The van der Waals surface area contributed by atoms with E-state index in [9.17, 15) is 0 Å². The Morgan fingerprint density at radius 2 is 1.40 bits per heavy atom. The molecule has 60 valence electrons. The molecule has 0 atom stereocenters. The first kappa shape index (κ1) is 10.2. The molecule has 0 aliphatic heterocycles. The van der Waals surface area contributed by atoms with Crippen LogP contribution in [0.25, 0.3) is 0 Å². The molecular formula is C7H13Cl2N. The predicted molar refractivity (Wildman–Crippen MR) is 47.6 cm³/mol. The van der Waals surface area contributed by atoms with Gasteiger partial charge in [0, 0.05) is 17.5 Å². The van der Waals surface area contributed by atoms with Crippen molar-refractivity contribution in [2.24, 2.45) is 0 Å². The van der Waals surface area contributed by atoms with Gasteiger partial charge in [0.2, 0.25) is 0 Å². The molecule has 0 rings (SSSR count). The monoisotopic (exact) mass is 181 g/mol. The molecule has 0 heterocycles. The Labute approximate surface area is 72.2 Å². The van der Waals surface area contributed by atoms with Crippen LogP contribution in [0, 0.1) is 5.41 Å². The van der Waals surface area contributed by atoms with E-state index in [2.05, 4.69) is 0 Å². The molecule has 0 amide bonds. The van der Waals surface area contributed by atoms with E-state index in [4.69, 9.17) is 28.6 Å². The molecule has 0 fully saturated rings. The van der Waals surface area contributed by atoms with E-state index < -0.39 is 0 Å². The Bertz CT molecular complexity index is 83.6. The van der Waals surface area contributed by atoms with Gasteiger partial charge in [-0.25, -0.2) is 0 Å². The molecule has 0 unspecified atom stereocenters. The minimum absolute atomic E-state index is 0.656. The summed E-state index contributed by atoms with van der Waals surface area (Å²) in [6, 6.07) is 0. The Kier molecular flexibility index (Phi) is 7.54. The lowest BCUT2D eigenvalue weighted by molar-refractivity contribution is 0.913. The van der Waals surface area contributed by atoms with Crippen molar-refractivity contribution in [3.63, 3.8) is 0 Å². The summed E-state index contributed by atoms with van der Waals surface area (Å²) < 4.78 is 0. The van der Waals surface area contributed by atoms with Gasteiger partial charge in [-0.05, 0) is 25.7 Å². The second-order valence-corrected chi connectivity index (χ2v) is 2.94. The fourth-order valence-electron chi connectivity index (χ4n) is 0.685. The maximum Gasteiger partial charge on any atom is 0.0227 e. The highest BCUT2D eigenvalue weighted by Crippen LogP contribution is 2.00. The zero-order valence-electron chi connectivity index (χ0n) is 6.00. The molecule has 0 saturated heterocycles. The zero-order valence-corrected chi connectivity index (χ0v) is 7.51. The third-order valence-corrected chi connectivity index (χ3v) is 1.76. The summed E-state index contributed by atoms with van der Waals surface area (Å²) >= 11 is 10.9. The molecule has 0 saturated carbocycles. The van der Waals surface area contributed by atoms with Gasteiger partial charge in [0.05, 0.1) is 0 Å². The van der Waals surface area contributed by atoms with Crippen molar-refractivity contribution in [3.05, 3.63) is 0 Å². The quantitative estimate of drug-likeness (QED) is 0.482. The highest BCUT2D eigenvalue weighted by Gasteiger charge is 1.95. The molecule has 0 aliphatic rings. The average molecular weight is 182 g/mol. The normalized spacial score (nSPS) is 9.80. The van der Waals surface area contributed by atoms with Crippen molar-refractivity contribution >= 4 is 28.9 Å². The van der Waals surface area contributed by atoms with Crippen LogP contribution in [0.15, 0.2) is 0 Å². The van der Waals surface area contributed by atoms with Crippen LogP contribution in [0.2, 0.25) is 0 Å². The molecule has 0 bridgehead atoms. The number of hydrogen-bond acceptors (Lipinski definition) is 1. The lowest BCUT2D eigenvalue weighted by Gasteiger charge is -1.98. The van der Waals surface area contributed by atoms with Gasteiger partial charge in [0.25, 0.3) is 0 Å². The molecule has 1 N–H and O–H groups in total. The van der Waals surface area contributed by atoms with Crippen molar-refractivity contribution in [1.82, 2.24) is 0 Å². The van der Waals surface area contributed by atoms with Crippen molar-refractivity contribution in [1.29, 1.82) is 5.41 Å². The van der Waals surface area contributed by atoms with Crippen LogP contribution in [-0.4, -0.2) is 17.5 Å². The van der Waals surface area contributed by atoms with E-state index in [0.717, 1.165) is 31.4 Å². The highest BCUT2D eigenvalue weighted by molar-refractivity contribution is 6.18. The molecule has 0 aromatic carbocycles. The fourth-order valence-corrected chi connectivity index (χ4v) is 0.953. The highest BCUT2D eigenvalue weighted by atomic mass is 35.5. The number of rotatable bonds is 6. The molecule has 0 radical (unpaired) electrons. The van der Waals surface area contributed by atoms with Crippen LogP contribution in [0.1, 0.15) is 25.7 Å². The maximum absolute atomic E-state index is 7.38. The van der Waals surface area contributed by atoms with E-state index in [0.29, 0.717) is 11.8 Å². The standard InChI is InChI=1S/C7H13Cl2N/c8-5-1-3-7(10)4-2-6-9/h10H,1-6H2. The lowest BCUT2D eigenvalue weighted by atomic mass is 10.1. The lowest BCUT2D eigenvalue weighted by Crippen LogP contribution is -1.96. The summed E-state index contributed by atoms with van der Waals surface area (Å²) in [6.45, 7) is 0. The smallest absolute Gasteiger partial charge is 0.0227 e. The van der Waals surface area contributed by atoms with Crippen molar-refractivity contribution < 1.29 is 0 Å². The second kappa shape index (κ2) is 7.36. The number of alkyl halides is 2. The van der Waals surface area contributed by atoms with E-state index in [-0.39, 0.29) is 0 Å². The Balaban J connectivity index is 3.09. The summed E-state index contributed by atoms with van der Waals surface area (Å²) in [7, 11) is 0. The molecule has 0 aromatic heterocycles. The summed E-state index contributed by atoms with van der Waals surface area (Å²) in [5.41, 5.74) is 0.779. The Hall–Kier alpha value is 0.250. The maximum atomic E-state index is 7.38. The minimum atomic E-state index is 0.656. The van der Waals surface area contributed by atoms with Crippen LogP contribution in [0.4, 0.5) is 0 Å². The van der Waals surface area contributed by atoms with Gasteiger partial charge < -0.3 is 5.41 Å². The molecule has 1 nitrogen and oxygen atoms in total. The Morgan fingerprint density at radius 1 is 1.00 bits per heavy atom. The Morgan fingerprint density at radius 3 is 1.70 bits per heavy atom. The number of hydrogen-bond donors (Lipinski definition) is 1. The number of nitrogens with one attached hydrogen (secondary N) is 1. The van der Waals surface area contributed by atoms with Crippen LogP contribution < -0.4 is 0 Å². The molecule has 3 heteroatoms. The summed E-state index contributed by atoms with van der Waals surface area (Å²) in [5, 5.41) is 7.38. The molecule has 0 spiro atoms. The van der Waals surface area contributed by atoms with Gasteiger partial charge >= 0.3 is 0 Å². The van der Waals surface area contributed by atoms with Gasteiger partial charge in [0.15, 0.2) is 0 Å². The first-order valence-electron chi connectivity index (χ1n) is 3.49. The van der Waals surface area contributed by atoms with Gasteiger partial charge in [-0.1, -0.05) is 0 Å². The first-order valence-corrected chi connectivity index (χ1v) is 4.56. The summed E-state index contributed by atoms with van der Waals surface area (Å²) in [5.74, 6) is 1.31. The van der Waals surface area contributed by atoms with E-state index in [1.807, 2.05) is 0 Å². The van der Waals surface area contributed by atoms with E-state index in [1.165, 1.54) is 0 Å². The van der Waals surface area contributed by atoms with Crippen molar-refractivity contribution in [3.8, 4) is 0 Å². The third kappa shape index (κ3) is 6.37. The van der Waals surface area contributed by atoms with Crippen LogP contribution in [0.3, 0.4) is 0 Å². The van der Waals surface area contributed by atoms with Crippen LogP contribution in [-0.2, 0) is 0 Å². The number of halogens is 2. The van der Waals surface area contributed by atoms with Gasteiger partial charge in [-0.2, -0.15) is 0 Å². The van der Waals surface area contributed by atoms with Crippen molar-refractivity contribution in [2.75, 3.05) is 11.8 Å². The third-order valence-electron chi connectivity index (χ3n) is 1.22. The van der Waals surface area contributed by atoms with E-state index in [1.54, 1.807) is 0 Å². The SMILES string of the molecule is N=C(CCCCl)CCCCl. The summed E-state index contributed by atoms with van der Waals surface area (Å²) in [6.07, 6.45) is 3.51. The van der Waals surface area contributed by atoms with Crippen LogP contribution in [0.5, 0.6) is 0 Å². The predicted octanol–water partition coefficient (Wildman–Crippen LogP) is 3.04. The molecular weight excluding hydrogens is 169 g/mol. The topological polar surface area (TPSA) is 23.9 Å². The first-order chi connectivity index (χ1) is 4.81. The minimum Gasteiger partial charge on any atom is -0.310 e. The van der Waals surface area contributed by atoms with Gasteiger partial charge in [0.1, 0.15) is 0 Å². The molecule has 0 aliphatic carbocycles. The second-order valence-electron chi connectivity index (χ2n) is 2.19. The largest absolute Gasteiger partial charge is 0.310 e. The molecule has 0 aromatic rings. The fraction of sp³-hybridized carbons (Fsp3) is 0.857. The van der Waals surface area contributed by atoms with Crippen molar-refractivity contribution in [2.45, 2.75) is 25.7 Å².